The van der Waals surface area contributed by atoms with Crippen molar-refractivity contribution in [3.8, 4) is 11.5 Å². The number of anilines is 1. The Hall–Kier alpha value is -2.74. The van der Waals surface area contributed by atoms with Gasteiger partial charge in [0.25, 0.3) is 10.0 Å². The number of nitrogens with one attached hydrogen (secondary N) is 1. The van der Waals surface area contributed by atoms with Gasteiger partial charge >= 0.3 is 0 Å². The van der Waals surface area contributed by atoms with Crippen molar-refractivity contribution < 1.29 is 17.9 Å². The molecule has 0 saturated heterocycles. The van der Waals surface area contributed by atoms with Gasteiger partial charge in [-0.2, -0.15) is 0 Å². The average Bonchev–Trinajstić information content (AvgIpc) is 2.93. The van der Waals surface area contributed by atoms with E-state index in [9.17, 15) is 8.42 Å². The topological polar surface area (TPSA) is 81.9 Å². The third-order valence-electron chi connectivity index (χ3n) is 3.48. The van der Waals surface area contributed by atoms with Crippen LogP contribution in [-0.2, 0) is 10.0 Å². The first-order valence-corrected chi connectivity index (χ1v) is 8.61. The molecule has 126 valence electrons. The lowest BCUT2D eigenvalue weighted by atomic mass is 10.3. The van der Waals surface area contributed by atoms with Crippen LogP contribution in [0.4, 0.5) is 5.69 Å². The van der Waals surface area contributed by atoms with Gasteiger partial charge in [-0.1, -0.05) is 0 Å². The van der Waals surface area contributed by atoms with E-state index < -0.39 is 10.0 Å². The van der Waals surface area contributed by atoms with Crippen molar-refractivity contribution >= 4 is 21.4 Å². The number of aromatic nitrogens is 2. The van der Waals surface area contributed by atoms with E-state index >= 15 is 0 Å². The van der Waals surface area contributed by atoms with E-state index in [1.807, 2.05) is 13.1 Å². The zero-order valence-electron chi connectivity index (χ0n) is 13.5. The SMILES string of the molecule is COc1ccc(S(=O)(=O)Nc2ccc3nc(C)cn3c2)c(OC)c1. The number of rotatable bonds is 5. The molecule has 2 aromatic heterocycles. The van der Waals surface area contributed by atoms with Gasteiger partial charge in [0, 0.05) is 18.5 Å². The van der Waals surface area contributed by atoms with Crippen molar-refractivity contribution in [2.24, 2.45) is 0 Å². The summed E-state index contributed by atoms with van der Waals surface area (Å²) in [7, 11) is -0.893. The zero-order valence-corrected chi connectivity index (χ0v) is 14.3. The van der Waals surface area contributed by atoms with Crippen LogP contribution in [-0.4, -0.2) is 32.0 Å². The van der Waals surface area contributed by atoms with E-state index in [-0.39, 0.29) is 10.6 Å². The summed E-state index contributed by atoms with van der Waals surface area (Å²) in [6.45, 7) is 1.87. The average molecular weight is 347 g/mol. The van der Waals surface area contributed by atoms with Gasteiger partial charge in [0.2, 0.25) is 0 Å². The molecule has 3 aromatic rings. The van der Waals surface area contributed by atoms with Crippen LogP contribution in [0.5, 0.6) is 11.5 Å². The second-order valence-corrected chi connectivity index (χ2v) is 6.84. The zero-order chi connectivity index (χ0) is 17.3. The van der Waals surface area contributed by atoms with Crippen molar-refractivity contribution in [1.29, 1.82) is 0 Å². The molecule has 24 heavy (non-hydrogen) atoms. The lowest BCUT2D eigenvalue weighted by Crippen LogP contribution is -2.14. The molecule has 2 heterocycles. The van der Waals surface area contributed by atoms with Gasteiger partial charge in [0.15, 0.2) is 0 Å². The van der Waals surface area contributed by atoms with Crippen LogP contribution >= 0.6 is 0 Å². The van der Waals surface area contributed by atoms with E-state index in [1.54, 1.807) is 28.8 Å². The van der Waals surface area contributed by atoms with Crippen molar-refractivity contribution in [3.63, 3.8) is 0 Å². The molecule has 0 atom stereocenters. The molecule has 0 aliphatic carbocycles. The minimum absolute atomic E-state index is 0.0349. The van der Waals surface area contributed by atoms with Gasteiger partial charge in [0.05, 0.1) is 25.6 Å². The predicted octanol–water partition coefficient (Wildman–Crippen LogP) is 2.46. The Bertz CT molecular complexity index is 996. The monoisotopic (exact) mass is 347 g/mol. The number of nitrogens with zero attached hydrogens (tertiary/aromatic N) is 2. The number of methoxy groups -OCH3 is 2. The predicted molar refractivity (Wildman–Crippen MR) is 90.3 cm³/mol. The molecular formula is C16H17N3O4S. The number of aryl methyl sites for hydroxylation is 1. The maximum Gasteiger partial charge on any atom is 0.265 e. The highest BCUT2D eigenvalue weighted by atomic mass is 32.2. The summed E-state index contributed by atoms with van der Waals surface area (Å²) in [5.74, 6) is 0.725. The number of imidazole rings is 1. The molecular weight excluding hydrogens is 330 g/mol. The summed E-state index contributed by atoms with van der Waals surface area (Å²) in [6.07, 6.45) is 3.49. The Labute approximate surface area is 139 Å². The van der Waals surface area contributed by atoms with E-state index in [0.717, 1.165) is 11.3 Å². The lowest BCUT2D eigenvalue weighted by molar-refractivity contribution is 0.386. The highest BCUT2D eigenvalue weighted by Gasteiger charge is 2.20. The number of hydrogen-bond donors (Lipinski definition) is 1. The first-order valence-electron chi connectivity index (χ1n) is 7.13. The maximum absolute atomic E-state index is 12.7. The van der Waals surface area contributed by atoms with Crippen molar-refractivity contribution in [3.05, 3.63) is 48.4 Å². The normalized spacial score (nSPS) is 11.5. The highest BCUT2D eigenvalue weighted by Crippen LogP contribution is 2.29. The molecule has 1 aromatic carbocycles. The van der Waals surface area contributed by atoms with Crippen LogP contribution in [0.2, 0.25) is 0 Å². The minimum atomic E-state index is -3.81. The summed E-state index contributed by atoms with van der Waals surface area (Å²) < 4.78 is 39.9. The van der Waals surface area contributed by atoms with E-state index in [0.29, 0.717) is 11.4 Å². The Morgan fingerprint density at radius 1 is 1.08 bits per heavy atom. The Morgan fingerprint density at radius 2 is 1.88 bits per heavy atom. The Morgan fingerprint density at radius 3 is 2.58 bits per heavy atom. The summed E-state index contributed by atoms with van der Waals surface area (Å²) in [6, 6.07) is 7.95. The molecule has 0 amide bonds. The third-order valence-corrected chi connectivity index (χ3v) is 4.90. The first kappa shape index (κ1) is 16.1. The van der Waals surface area contributed by atoms with Gasteiger partial charge < -0.3 is 13.9 Å². The van der Waals surface area contributed by atoms with Crippen LogP contribution in [0.1, 0.15) is 5.69 Å². The molecule has 7 nitrogen and oxygen atoms in total. The van der Waals surface area contributed by atoms with Crippen molar-refractivity contribution in [1.82, 2.24) is 9.38 Å². The van der Waals surface area contributed by atoms with Crippen molar-refractivity contribution in [2.75, 3.05) is 18.9 Å². The van der Waals surface area contributed by atoms with Gasteiger partial charge in [-0.15, -0.1) is 0 Å². The van der Waals surface area contributed by atoms with Crippen molar-refractivity contribution in [2.45, 2.75) is 11.8 Å². The molecule has 3 rings (SSSR count). The number of benzene rings is 1. The van der Waals surface area contributed by atoms with Gasteiger partial charge in [0.1, 0.15) is 22.0 Å². The molecule has 0 fully saturated rings. The molecule has 0 unspecified atom stereocenters. The number of fused-ring (bicyclic) bond motifs is 1. The van der Waals surface area contributed by atoms with E-state index in [4.69, 9.17) is 9.47 Å². The van der Waals surface area contributed by atoms with Crippen LogP contribution < -0.4 is 14.2 Å². The molecule has 1 N–H and O–H groups in total. The smallest absolute Gasteiger partial charge is 0.265 e. The molecule has 8 heteroatoms. The lowest BCUT2D eigenvalue weighted by Gasteiger charge is -2.12. The summed E-state index contributed by atoms with van der Waals surface area (Å²) >= 11 is 0. The molecule has 0 radical (unpaired) electrons. The standard InChI is InChI=1S/C16H17N3O4S/c1-11-9-19-10-12(4-7-16(19)17-11)18-24(20,21)15-6-5-13(22-2)8-14(15)23-3/h4-10,18H,1-3H3. The minimum Gasteiger partial charge on any atom is -0.497 e. The maximum atomic E-state index is 12.7. The number of hydrogen-bond acceptors (Lipinski definition) is 5. The molecule has 0 saturated carbocycles. The van der Waals surface area contributed by atoms with Gasteiger partial charge in [-0.25, -0.2) is 13.4 Å². The van der Waals surface area contributed by atoms with Crippen LogP contribution in [0.3, 0.4) is 0 Å². The van der Waals surface area contributed by atoms with Crippen LogP contribution in [0, 0.1) is 6.92 Å². The number of sulfonamides is 1. The molecule has 0 aliphatic rings. The Kier molecular flexibility index (Phi) is 4.06. The fourth-order valence-corrected chi connectivity index (χ4v) is 3.58. The largest absolute Gasteiger partial charge is 0.497 e. The second-order valence-electron chi connectivity index (χ2n) is 5.19. The first-order chi connectivity index (χ1) is 11.4. The quantitative estimate of drug-likeness (QED) is 0.767. The Balaban J connectivity index is 1.97. The number of ether oxygens (including phenoxy) is 2. The number of pyridine rings is 1. The molecule has 0 spiro atoms. The summed E-state index contributed by atoms with van der Waals surface area (Å²) in [5, 5.41) is 0. The summed E-state index contributed by atoms with van der Waals surface area (Å²) in [4.78, 5) is 4.34. The fourth-order valence-electron chi connectivity index (χ4n) is 2.39. The highest BCUT2D eigenvalue weighted by molar-refractivity contribution is 7.92. The van der Waals surface area contributed by atoms with Crippen LogP contribution in [0.15, 0.2) is 47.6 Å². The fraction of sp³-hybridized carbons (Fsp3) is 0.188. The third kappa shape index (κ3) is 3.00. The van der Waals surface area contributed by atoms with E-state index in [2.05, 4.69) is 9.71 Å². The van der Waals surface area contributed by atoms with Gasteiger partial charge in [-0.3, -0.25) is 4.72 Å². The van der Waals surface area contributed by atoms with Crippen LogP contribution in [0.25, 0.3) is 5.65 Å². The van der Waals surface area contributed by atoms with Gasteiger partial charge in [-0.05, 0) is 31.2 Å². The van der Waals surface area contributed by atoms with E-state index in [1.165, 1.54) is 26.4 Å². The molecule has 0 bridgehead atoms. The molecule has 0 aliphatic heterocycles. The summed E-state index contributed by atoms with van der Waals surface area (Å²) in [5.41, 5.74) is 2.03. The second kappa shape index (κ2) is 6.04.